The van der Waals surface area contributed by atoms with Crippen LogP contribution in [-0.4, -0.2) is 19.5 Å². The van der Waals surface area contributed by atoms with Gasteiger partial charge >= 0.3 is 0 Å². The first kappa shape index (κ1) is 32.7. The lowest BCUT2D eigenvalue weighted by atomic mass is 9.92. The van der Waals surface area contributed by atoms with Crippen molar-refractivity contribution in [2.75, 3.05) is 0 Å². The summed E-state index contributed by atoms with van der Waals surface area (Å²) in [5.74, 6) is 1.84. The molecule has 0 saturated carbocycles. The quantitative estimate of drug-likeness (QED) is 0.0970. The van der Waals surface area contributed by atoms with E-state index in [1.54, 1.807) is 0 Å². The maximum Gasteiger partial charge on any atom is 0.238 e. The number of hydrogen-bond acceptors (Lipinski definition) is 3. The van der Waals surface area contributed by atoms with Crippen molar-refractivity contribution < 1.29 is 0 Å². The molecule has 9 aromatic carbocycles. The fourth-order valence-corrected chi connectivity index (χ4v) is 8.69. The number of hydrogen-bond donors (Lipinski definition) is 0. The second-order valence-corrected chi connectivity index (χ2v) is 15.7. The molecule has 0 N–H and O–H groups in total. The van der Waals surface area contributed by atoms with Gasteiger partial charge in [-0.05, 0) is 102 Å². The minimum absolute atomic E-state index is 0.393. The molecule has 1 unspecified atom stereocenters. The van der Waals surface area contributed by atoms with Crippen LogP contribution in [0.15, 0.2) is 176 Å². The third-order valence-electron chi connectivity index (χ3n) is 11.2. The molecule has 0 saturated heterocycles. The Morgan fingerprint density at radius 3 is 1.41 bits per heavy atom. The minimum atomic E-state index is 0.393. The topological polar surface area (TPSA) is 43.6 Å². The van der Waals surface area contributed by atoms with E-state index in [2.05, 4.69) is 191 Å². The zero-order valence-corrected chi connectivity index (χ0v) is 31.8. The number of rotatable bonds is 6. The minimum Gasteiger partial charge on any atom is -0.278 e. The van der Waals surface area contributed by atoms with E-state index in [1.165, 1.54) is 48.7 Å². The Morgan fingerprint density at radius 1 is 0.411 bits per heavy atom. The monoisotopic (exact) mass is 734 g/mol. The number of benzene rings is 9. The Bertz CT molecular complexity index is 3170. The largest absolute Gasteiger partial charge is 0.278 e. The molecule has 2 heterocycles. The Labute approximate surface area is 326 Å². The van der Waals surface area contributed by atoms with Gasteiger partial charge in [0.15, 0.2) is 11.6 Å². The summed E-state index contributed by atoms with van der Waals surface area (Å²) in [6, 6.07) is 62.9. The van der Waals surface area contributed by atoms with Gasteiger partial charge in [0.1, 0.15) is 0 Å². The van der Waals surface area contributed by atoms with E-state index in [1.807, 2.05) is 6.07 Å². The summed E-state index contributed by atoms with van der Waals surface area (Å²) in [4.78, 5) is 15.9. The molecule has 0 radical (unpaired) electrons. The second kappa shape index (κ2) is 12.9. The van der Waals surface area contributed by atoms with Gasteiger partial charge in [-0.3, -0.25) is 4.57 Å². The highest BCUT2D eigenvalue weighted by atomic mass is 31.0. The van der Waals surface area contributed by atoms with Crippen LogP contribution in [-0.2, 0) is 0 Å². The van der Waals surface area contributed by atoms with Gasteiger partial charge in [-0.1, -0.05) is 146 Å². The Hall–Kier alpha value is -6.74. The van der Waals surface area contributed by atoms with Crippen molar-refractivity contribution in [3.05, 3.63) is 181 Å². The maximum atomic E-state index is 5.34. The molecule has 2 atom stereocenters. The van der Waals surface area contributed by atoms with Crippen molar-refractivity contribution in [1.29, 1.82) is 0 Å². The molecule has 11 aromatic rings. The first-order chi connectivity index (χ1) is 27.6. The molecule has 264 valence electrons. The van der Waals surface area contributed by atoms with Gasteiger partial charge in [-0.2, -0.15) is 9.97 Å². The molecular weight excluding hydrogens is 700 g/mol. The van der Waals surface area contributed by atoms with Gasteiger partial charge in [0.25, 0.3) is 0 Å². The molecule has 0 aliphatic heterocycles. The van der Waals surface area contributed by atoms with Crippen LogP contribution in [0.4, 0.5) is 0 Å². The predicted octanol–water partition coefficient (Wildman–Crippen LogP) is 13.5. The molecule has 56 heavy (non-hydrogen) atoms. The van der Waals surface area contributed by atoms with Crippen LogP contribution in [0.2, 0.25) is 0 Å². The first-order valence-electron chi connectivity index (χ1n) is 19.1. The normalized spacial score (nSPS) is 12.4. The van der Waals surface area contributed by atoms with Crippen molar-refractivity contribution in [3.63, 3.8) is 0 Å². The second-order valence-electron chi connectivity index (χ2n) is 14.7. The molecule has 11 rings (SSSR count). The lowest BCUT2D eigenvalue weighted by Crippen LogP contribution is -2.06. The third-order valence-corrected chi connectivity index (χ3v) is 11.6. The standard InChI is InChI=1S/C51H35N4P/c1-31(56)32-23-25-34(26-24-32)36-16-8-18-40(28-36)50-52-49(39-17-7-15-35(27-39)33-11-3-2-4-12-33)53-51(54-50)55-45-21-9-19-41-43-29-37-13-5-6-14-38(37)30-44(43)42-20-10-22-46(55)48(42)47(41)45/h2-31H,56H2,1H3/t31-/m1/s1. The van der Waals surface area contributed by atoms with Gasteiger partial charge in [-0.25, -0.2) is 4.98 Å². The molecule has 5 heteroatoms. The van der Waals surface area contributed by atoms with Crippen LogP contribution in [0.5, 0.6) is 0 Å². The van der Waals surface area contributed by atoms with Crippen LogP contribution < -0.4 is 0 Å². The maximum absolute atomic E-state index is 5.34. The summed E-state index contributed by atoms with van der Waals surface area (Å²) in [7, 11) is 2.88. The zero-order chi connectivity index (χ0) is 37.3. The molecule has 0 spiro atoms. The molecule has 0 bridgehead atoms. The van der Waals surface area contributed by atoms with Crippen LogP contribution >= 0.6 is 9.24 Å². The summed E-state index contributed by atoms with van der Waals surface area (Å²) in [5.41, 5.74) is 10.2. The summed E-state index contributed by atoms with van der Waals surface area (Å²) < 4.78 is 2.24. The van der Waals surface area contributed by atoms with E-state index in [0.29, 0.717) is 23.3 Å². The van der Waals surface area contributed by atoms with E-state index >= 15 is 0 Å². The summed E-state index contributed by atoms with van der Waals surface area (Å²) >= 11 is 0. The van der Waals surface area contributed by atoms with E-state index < -0.39 is 0 Å². The number of aromatic nitrogens is 4. The smallest absolute Gasteiger partial charge is 0.238 e. The number of fused-ring (bicyclic) bond motifs is 4. The van der Waals surface area contributed by atoms with Crippen molar-refractivity contribution >= 4 is 63.4 Å². The SMILES string of the molecule is C[C@@H](P)c1ccc(-c2cccc(-c3nc(-c4cccc(-c5ccccc5)c4)nc(-n4c5cccc6c7cc8ccccc8cc7c7cccc4c7c65)n3)c2)cc1. The first-order valence-corrected chi connectivity index (χ1v) is 19.7. The average Bonchev–Trinajstić information content (AvgIpc) is 3.61. The molecule has 2 aromatic heterocycles. The molecule has 4 nitrogen and oxygen atoms in total. The summed E-state index contributed by atoms with van der Waals surface area (Å²) in [6.45, 7) is 2.19. The lowest BCUT2D eigenvalue weighted by Gasteiger charge is -2.12. The van der Waals surface area contributed by atoms with Crippen LogP contribution in [0.3, 0.4) is 0 Å². The average molecular weight is 735 g/mol. The number of nitrogens with zero attached hydrogens (tertiary/aromatic N) is 4. The van der Waals surface area contributed by atoms with Gasteiger partial charge in [0.05, 0.1) is 11.0 Å². The van der Waals surface area contributed by atoms with Crippen molar-refractivity contribution in [1.82, 2.24) is 19.5 Å². The predicted molar refractivity (Wildman–Crippen MR) is 238 cm³/mol. The van der Waals surface area contributed by atoms with Gasteiger partial charge in [0.2, 0.25) is 5.95 Å². The van der Waals surface area contributed by atoms with E-state index in [0.717, 1.165) is 44.4 Å². The fourth-order valence-electron chi connectivity index (χ4n) is 8.47. The highest BCUT2D eigenvalue weighted by molar-refractivity contribution is 7.17. The van der Waals surface area contributed by atoms with Crippen molar-refractivity contribution in [2.45, 2.75) is 12.6 Å². The Kier molecular flexibility index (Phi) is 7.55. The highest BCUT2D eigenvalue weighted by Gasteiger charge is 2.22. The van der Waals surface area contributed by atoms with Crippen LogP contribution in [0.1, 0.15) is 18.1 Å². The summed E-state index contributed by atoms with van der Waals surface area (Å²) in [6.07, 6.45) is 0. The van der Waals surface area contributed by atoms with Crippen LogP contribution in [0, 0.1) is 0 Å². The fraction of sp³-hybridized carbons (Fsp3) is 0.0392. The third kappa shape index (κ3) is 5.29. The molecular formula is C51H35N4P. The van der Waals surface area contributed by atoms with Crippen molar-refractivity contribution in [2.24, 2.45) is 0 Å². The van der Waals surface area contributed by atoms with Gasteiger partial charge < -0.3 is 0 Å². The van der Waals surface area contributed by atoms with Gasteiger partial charge in [0, 0.05) is 21.9 Å². The molecule has 0 aliphatic rings. The zero-order valence-electron chi connectivity index (χ0n) is 30.7. The molecule has 0 fully saturated rings. The van der Waals surface area contributed by atoms with E-state index in [-0.39, 0.29) is 0 Å². The Balaban J connectivity index is 1.17. The van der Waals surface area contributed by atoms with Crippen LogP contribution in [0.25, 0.3) is 105 Å². The molecule has 0 amide bonds. The van der Waals surface area contributed by atoms with E-state index in [4.69, 9.17) is 15.0 Å². The van der Waals surface area contributed by atoms with Crippen molar-refractivity contribution in [3.8, 4) is 51.0 Å². The van der Waals surface area contributed by atoms with E-state index in [9.17, 15) is 0 Å². The highest BCUT2D eigenvalue weighted by Crippen LogP contribution is 2.44. The van der Waals surface area contributed by atoms with Gasteiger partial charge in [-0.15, -0.1) is 9.24 Å². The lowest BCUT2D eigenvalue weighted by molar-refractivity contribution is 0.954. The molecule has 0 aliphatic carbocycles. The Morgan fingerprint density at radius 2 is 0.875 bits per heavy atom. The summed E-state index contributed by atoms with van der Waals surface area (Å²) in [5, 5.41) is 9.87.